The quantitative estimate of drug-likeness (QED) is 0.242. The van der Waals surface area contributed by atoms with Crippen molar-refractivity contribution < 1.29 is 41.8 Å². The van der Waals surface area contributed by atoms with Crippen LogP contribution in [0.3, 0.4) is 0 Å². The number of hydrogen-bond donors (Lipinski definition) is 0. The van der Waals surface area contributed by atoms with Crippen LogP contribution in [0.4, 0.5) is 4.39 Å². The first kappa shape index (κ1) is 30.3. The molecule has 222 valence electrons. The van der Waals surface area contributed by atoms with E-state index in [2.05, 4.69) is 0 Å². The number of rotatable bonds is 8. The second-order valence-electron chi connectivity index (χ2n) is 11.4. The highest BCUT2D eigenvalue weighted by atomic mass is 19.1. The number of benzene rings is 2. The van der Waals surface area contributed by atoms with Crippen molar-refractivity contribution in [3.63, 3.8) is 0 Å². The molecule has 0 aliphatic carbocycles. The van der Waals surface area contributed by atoms with Crippen LogP contribution in [0.1, 0.15) is 62.7 Å². The molecule has 0 N–H and O–H groups in total. The Morgan fingerprint density at radius 2 is 1.10 bits per heavy atom. The van der Waals surface area contributed by atoms with Gasteiger partial charge in [-0.1, -0.05) is 12.1 Å². The summed E-state index contributed by atoms with van der Waals surface area (Å²) in [5.41, 5.74) is -2.55. The Balaban J connectivity index is 1.46. The van der Waals surface area contributed by atoms with Gasteiger partial charge < -0.3 is 27.8 Å². The number of carbonyl (C=O) groups excluding carboxylic acids is 2. The number of esters is 2. The van der Waals surface area contributed by atoms with Crippen molar-refractivity contribution in [1.82, 2.24) is 0 Å². The Bertz CT molecular complexity index is 1630. The first-order valence-corrected chi connectivity index (χ1v) is 13.1. The lowest BCUT2D eigenvalue weighted by molar-refractivity contribution is 0.00249. The Labute approximate surface area is 239 Å². The number of carbonyl (C=O) groups is 2. The normalized spacial score (nSPS) is 12.0. The summed E-state index contributed by atoms with van der Waals surface area (Å²) in [6, 6.07) is 11.0. The van der Waals surface area contributed by atoms with Gasteiger partial charge in [-0.2, -0.15) is 0 Å². The van der Waals surface area contributed by atoms with Crippen molar-refractivity contribution in [3.05, 3.63) is 80.5 Å². The molecule has 2 aromatic carbocycles. The monoisotopic (exact) mass is 582 g/mol. The van der Waals surface area contributed by atoms with E-state index in [1.165, 1.54) is 36.4 Å². The Morgan fingerprint density at radius 3 is 1.45 bits per heavy atom. The summed E-state index contributed by atoms with van der Waals surface area (Å²) < 4.78 is 47.6. The molecule has 2 aromatic heterocycles. The zero-order chi connectivity index (χ0) is 30.8. The van der Waals surface area contributed by atoms with Gasteiger partial charge in [-0.15, -0.1) is 0 Å². The van der Waals surface area contributed by atoms with Gasteiger partial charge in [0.05, 0.1) is 0 Å². The molecule has 4 aromatic rings. The predicted octanol–water partition coefficient (Wildman–Crippen LogP) is 5.61. The summed E-state index contributed by atoms with van der Waals surface area (Å²) >= 11 is 0. The average Bonchev–Trinajstić information content (AvgIpc) is 2.88. The number of hydrogen-bond acceptors (Lipinski definition) is 10. The zero-order valence-corrected chi connectivity index (χ0v) is 24.1. The minimum atomic E-state index is -1.67. The van der Waals surface area contributed by atoms with Crippen LogP contribution in [0.25, 0.3) is 21.9 Å². The van der Waals surface area contributed by atoms with Gasteiger partial charge in [0, 0.05) is 12.1 Å². The SMILES string of the molecule is CC(C)(C)OC(=O)c1cc(=O)c2c(OCC(F)COc3cccc4oc(C(=O)OC(C)(C)C)cc(=O)c34)cccc2o1. The molecule has 0 amide bonds. The highest BCUT2D eigenvalue weighted by molar-refractivity contribution is 5.91. The van der Waals surface area contributed by atoms with E-state index in [9.17, 15) is 23.6 Å². The second-order valence-corrected chi connectivity index (χ2v) is 11.4. The molecule has 0 spiro atoms. The maximum absolute atomic E-state index is 14.9. The van der Waals surface area contributed by atoms with Crippen LogP contribution in [0, 0.1) is 0 Å². The van der Waals surface area contributed by atoms with E-state index in [1.807, 2.05) is 0 Å². The fourth-order valence-electron chi connectivity index (χ4n) is 3.86. The molecule has 11 heteroatoms. The van der Waals surface area contributed by atoms with Gasteiger partial charge in [-0.25, -0.2) is 14.0 Å². The lowest BCUT2D eigenvalue weighted by Crippen LogP contribution is -2.25. The summed E-state index contributed by atoms with van der Waals surface area (Å²) in [6.45, 7) is 9.13. The van der Waals surface area contributed by atoms with Gasteiger partial charge in [0.2, 0.25) is 11.5 Å². The Hall–Kier alpha value is -4.67. The van der Waals surface area contributed by atoms with Crippen LogP contribution >= 0.6 is 0 Å². The van der Waals surface area contributed by atoms with Gasteiger partial charge in [0.15, 0.2) is 17.0 Å². The third kappa shape index (κ3) is 7.34. The minimum Gasteiger partial charge on any atom is -0.489 e. The van der Waals surface area contributed by atoms with Gasteiger partial charge in [-0.3, -0.25) is 9.59 Å². The first-order chi connectivity index (χ1) is 19.6. The molecule has 0 saturated carbocycles. The summed E-state index contributed by atoms with van der Waals surface area (Å²) in [6.07, 6.45) is -1.67. The van der Waals surface area contributed by atoms with Crippen molar-refractivity contribution >= 4 is 33.9 Å². The maximum Gasteiger partial charge on any atom is 0.374 e. The van der Waals surface area contributed by atoms with E-state index in [4.69, 9.17) is 27.8 Å². The number of halogens is 1. The van der Waals surface area contributed by atoms with Crippen LogP contribution < -0.4 is 20.3 Å². The van der Waals surface area contributed by atoms with Crippen LogP contribution in [0.2, 0.25) is 0 Å². The van der Waals surface area contributed by atoms with E-state index in [0.717, 1.165) is 12.1 Å². The van der Waals surface area contributed by atoms with Gasteiger partial charge in [0.1, 0.15) is 57.9 Å². The fourth-order valence-corrected chi connectivity index (χ4v) is 3.86. The van der Waals surface area contributed by atoms with E-state index in [-0.39, 0.29) is 45.0 Å². The molecule has 0 fully saturated rings. The van der Waals surface area contributed by atoms with E-state index in [1.54, 1.807) is 41.5 Å². The summed E-state index contributed by atoms with van der Waals surface area (Å²) in [4.78, 5) is 50.3. The van der Waals surface area contributed by atoms with Crippen molar-refractivity contribution in [1.29, 1.82) is 0 Å². The standard InChI is InChI=1S/C31H31FO10/c1-30(2,3)41-28(35)24-13-18(33)26-20(9-7-11-22(26)39-24)37-15-17(32)16-38-21-10-8-12-23-27(21)19(34)14-25(40-23)29(36)42-31(4,5)6/h7-14,17H,15-16H2,1-6H3. The van der Waals surface area contributed by atoms with Gasteiger partial charge in [0.25, 0.3) is 0 Å². The zero-order valence-electron chi connectivity index (χ0n) is 24.1. The summed E-state index contributed by atoms with van der Waals surface area (Å²) in [5.74, 6) is -2.02. The van der Waals surface area contributed by atoms with E-state index < -0.39 is 53.4 Å². The molecular weight excluding hydrogens is 551 g/mol. The van der Waals surface area contributed by atoms with E-state index >= 15 is 0 Å². The number of ether oxygens (including phenoxy) is 4. The predicted molar refractivity (Wildman–Crippen MR) is 151 cm³/mol. The average molecular weight is 583 g/mol. The summed E-state index contributed by atoms with van der Waals surface area (Å²) in [7, 11) is 0. The van der Waals surface area contributed by atoms with Crippen LogP contribution in [0.5, 0.6) is 11.5 Å². The molecule has 42 heavy (non-hydrogen) atoms. The molecule has 0 aliphatic heterocycles. The highest BCUT2D eigenvalue weighted by Crippen LogP contribution is 2.26. The van der Waals surface area contributed by atoms with Crippen LogP contribution in [-0.4, -0.2) is 42.5 Å². The lowest BCUT2D eigenvalue weighted by Gasteiger charge is -2.19. The largest absolute Gasteiger partial charge is 0.489 e. The molecule has 0 aliphatic rings. The molecule has 2 heterocycles. The highest BCUT2D eigenvalue weighted by Gasteiger charge is 2.24. The van der Waals surface area contributed by atoms with Crippen molar-refractivity contribution in [2.75, 3.05) is 13.2 Å². The molecule has 4 rings (SSSR count). The smallest absolute Gasteiger partial charge is 0.374 e. The second kappa shape index (κ2) is 11.7. The number of fused-ring (bicyclic) bond motifs is 2. The lowest BCUT2D eigenvalue weighted by atomic mass is 10.2. The van der Waals surface area contributed by atoms with Crippen molar-refractivity contribution in [2.24, 2.45) is 0 Å². The third-order valence-corrected chi connectivity index (χ3v) is 5.47. The number of alkyl halides is 1. The molecule has 0 radical (unpaired) electrons. The molecule has 10 nitrogen and oxygen atoms in total. The van der Waals surface area contributed by atoms with Crippen molar-refractivity contribution in [2.45, 2.75) is 58.9 Å². The Kier molecular flexibility index (Phi) is 8.42. The topological polar surface area (TPSA) is 131 Å². The maximum atomic E-state index is 14.9. The molecule has 0 bridgehead atoms. The van der Waals surface area contributed by atoms with Gasteiger partial charge in [-0.05, 0) is 65.8 Å². The fraction of sp³-hybridized carbons (Fsp3) is 0.355. The minimum absolute atomic E-state index is 0.0328. The molecule has 0 saturated heterocycles. The van der Waals surface area contributed by atoms with Crippen LogP contribution in [-0.2, 0) is 9.47 Å². The summed E-state index contributed by atoms with van der Waals surface area (Å²) in [5, 5.41) is 0.0655. The Morgan fingerprint density at radius 1 is 0.714 bits per heavy atom. The molecular formula is C31H31FO10. The van der Waals surface area contributed by atoms with Crippen molar-refractivity contribution in [3.8, 4) is 11.5 Å². The van der Waals surface area contributed by atoms with Crippen LogP contribution in [0.15, 0.2) is 67.0 Å². The molecule has 0 unspecified atom stereocenters. The molecule has 0 atom stereocenters. The first-order valence-electron chi connectivity index (χ1n) is 13.1. The third-order valence-electron chi connectivity index (χ3n) is 5.47. The van der Waals surface area contributed by atoms with E-state index in [0.29, 0.717) is 0 Å². The van der Waals surface area contributed by atoms with Gasteiger partial charge >= 0.3 is 11.9 Å².